The van der Waals surface area contributed by atoms with Crippen LogP contribution in [0, 0.1) is 0 Å². The van der Waals surface area contributed by atoms with Gasteiger partial charge in [0, 0.05) is 18.8 Å². The fraction of sp³-hybridized carbons (Fsp3) is 0.286. The van der Waals surface area contributed by atoms with Gasteiger partial charge in [-0.2, -0.15) is 12.6 Å². The Morgan fingerprint density at radius 3 is 2.65 bits per heavy atom. The summed E-state index contributed by atoms with van der Waals surface area (Å²) in [6, 6.07) is 18.2. The van der Waals surface area contributed by atoms with Crippen LogP contribution in [0.1, 0.15) is 17.8 Å². The van der Waals surface area contributed by atoms with Gasteiger partial charge in [-0.15, -0.1) is 0 Å². The number of benzene rings is 2. The second-order valence-electron chi connectivity index (χ2n) is 6.12. The van der Waals surface area contributed by atoms with E-state index in [1.165, 1.54) is 5.56 Å². The molecule has 3 aromatic rings. The van der Waals surface area contributed by atoms with Crippen LogP contribution >= 0.6 is 12.6 Å². The quantitative estimate of drug-likeness (QED) is 0.414. The highest BCUT2D eigenvalue weighted by Gasteiger charge is 2.02. The Labute approximate surface area is 160 Å². The molecule has 0 aliphatic carbocycles. The van der Waals surface area contributed by atoms with E-state index in [0.717, 1.165) is 49.7 Å². The van der Waals surface area contributed by atoms with Crippen molar-refractivity contribution >= 4 is 12.6 Å². The summed E-state index contributed by atoms with van der Waals surface area (Å²) >= 11 is 4.30. The van der Waals surface area contributed by atoms with E-state index in [1.807, 2.05) is 54.9 Å². The first-order chi connectivity index (χ1) is 12.8. The Hall–Kier alpha value is -2.24. The Kier molecular flexibility index (Phi) is 7.16. The monoisotopic (exact) mass is 367 g/mol. The molecule has 5 heteroatoms. The van der Waals surface area contributed by atoms with Crippen LogP contribution in [0.15, 0.2) is 67.0 Å². The van der Waals surface area contributed by atoms with Gasteiger partial charge in [0.2, 0.25) is 0 Å². The Morgan fingerprint density at radius 1 is 0.962 bits per heavy atom. The lowest BCUT2D eigenvalue weighted by Crippen LogP contribution is -2.19. The van der Waals surface area contributed by atoms with Gasteiger partial charge >= 0.3 is 0 Å². The predicted molar refractivity (Wildman–Crippen MR) is 109 cm³/mol. The predicted octanol–water partition coefficient (Wildman–Crippen LogP) is 4.33. The van der Waals surface area contributed by atoms with Crippen LogP contribution in [0.2, 0.25) is 0 Å². The summed E-state index contributed by atoms with van der Waals surface area (Å²) in [5, 5.41) is 3.51. The van der Waals surface area contributed by atoms with E-state index < -0.39 is 0 Å². The molecule has 4 nitrogen and oxygen atoms in total. The van der Waals surface area contributed by atoms with Crippen LogP contribution in [0.5, 0.6) is 11.5 Å². The fourth-order valence-corrected chi connectivity index (χ4v) is 3.07. The van der Waals surface area contributed by atoms with Gasteiger partial charge in [0.1, 0.15) is 17.3 Å². The first-order valence-electron chi connectivity index (χ1n) is 8.98. The summed E-state index contributed by atoms with van der Waals surface area (Å²) in [6.45, 7) is 1.94. The molecule has 0 saturated carbocycles. The van der Waals surface area contributed by atoms with Crippen molar-refractivity contribution in [1.82, 2.24) is 14.9 Å². The van der Waals surface area contributed by atoms with Crippen molar-refractivity contribution in [3.8, 4) is 11.5 Å². The number of aryl methyl sites for hydroxylation is 1. The number of nitrogens with one attached hydrogen (secondary N) is 1. The highest BCUT2D eigenvalue weighted by Crippen LogP contribution is 2.21. The molecule has 3 rings (SSSR count). The van der Waals surface area contributed by atoms with Gasteiger partial charge in [-0.05, 0) is 55.8 Å². The highest BCUT2D eigenvalue weighted by molar-refractivity contribution is 7.79. The zero-order chi connectivity index (χ0) is 18.0. The molecular formula is C21H25N3OS. The zero-order valence-corrected chi connectivity index (χ0v) is 15.7. The summed E-state index contributed by atoms with van der Waals surface area (Å²) < 4.78 is 7.96. The van der Waals surface area contributed by atoms with Crippen LogP contribution in [0.4, 0.5) is 0 Å². The van der Waals surface area contributed by atoms with Crippen molar-refractivity contribution in [1.29, 1.82) is 0 Å². The molecule has 0 atom stereocenters. The maximum Gasteiger partial charge on any atom is 0.127 e. The number of hydrogen-bond acceptors (Lipinski definition) is 4. The number of aromatic nitrogens is 2. The maximum atomic E-state index is 5.89. The maximum absolute atomic E-state index is 5.89. The van der Waals surface area contributed by atoms with Gasteiger partial charge in [-0.25, -0.2) is 4.98 Å². The molecule has 0 aliphatic rings. The standard InChI is InChI=1S/C21H25N3OS/c26-17-24-15-14-23-21(24)10-5-12-22-13-11-18-6-4-9-20(16-18)25-19-7-2-1-3-8-19/h1-4,6-9,14-16,22,26H,5,10-13,17H2. The molecule has 0 amide bonds. The van der Waals surface area contributed by atoms with Crippen molar-refractivity contribution in [3.63, 3.8) is 0 Å². The smallest absolute Gasteiger partial charge is 0.127 e. The molecular weight excluding hydrogens is 342 g/mol. The lowest BCUT2D eigenvalue weighted by atomic mass is 10.1. The molecule has 1 aromatic heterocycles. The Balaban J connectivity index is 1.38. The van der Waals surface area contributed by atoms with E-state index in [9.17, 15) is 0 Å². The van der Waals surface area contributed by atoms with Gasteiger partial charge in [0.05, 0.1) is 5.88 Å². The largest absolute Gasteiger partial charge is 0.457 e. The van der Waals surface area contributed by atoms with Gasteiger partial charge in [0.25, 0.3) is 0 Å². The third kappa shape index (κ3) is 5.64. The second-order valence-corrected chi connectivity index (χ2v) is 6.40. The van der Waals surface area contributed by atoms with Gasteiger partial charge < -0.3 is 14.6 Å². The van der Waals surface area contributed by atoms with Gasteiger partial charge in [-0.3, -0.25) is 0 Å². The minimum absolute atomic E-state index is 0.685. The minimum Gasteiger partial charge on any atom is -0.457 e. The van der Waals surface area contributed by atoms with Crippen LogP contribution in [-0.4, -0.2) is 22.6 Å². The number of thiol groups is 1. The molecule has 0 radical (unpaired) electrons. The number of para-hydroxylation sites is 1. The first-order valence-corrected chi connectivity index (χ1v) is 9.62. The molecule has 0 saturated heterocycles. The van der Waals surface area contributed by atoms with Gasteiger partial charge in [0.15, 0.2) is 0 Å². The third-order valence-electron chi connectivity index (χ3n) is 4.18. The Bertz CT molecular complexity index is 789. The lowest BCUT2D eigenvalue weighted by molar-refractivity contribution is 0.482. The number of nitrogens with zero attached hydrogens (tertiary/aromatic N) is 2. The van der Waals surface area contributed by atoms with Crippen molar-refractivity contribution in [2.45, 2.75) is 25.1 Å². The third-order valence-corrected chi connectivity index (χ3v) is 4.48. The van der Waals surface area contributed by atoms with Crippen LogP contribution < -0.4 is 10.1 Å². The number of ether oxygens (including phenoxy) is 1. The number of imidazole rings is 1. The van der Waals surface area contributed by atoms with Crippen molar-refractivity contribution in [3.05, 3.63) is 78.4 Å². The molecule has 2 aromatic carbocycles. The molecule has 0 unspecified atom stereocenters. The summed E-state index contributed by atoms with van der Waals surface area (Å²) in [4.78, 5) is 4.37. The van der Waals surface area contributed by atoms with Crippen LogP contribution in [0.3, 0.4) is 0 Å². The highest BCUT2D eigenvalue weighted by atomic mass is 32.1. The molecule has 136 valence electrons. The van der Waals surface area contributed by atoms with E-state index in [2.05, 4.69) is 39.6 Å². The van der Waals surface area contributed by atoms with Crippen molar-refractivity contribution in [2.75, 3.05) is 13.1 Å². The van der Waals surface area contributed by atoms with Crippen LogP contribution in [0.25, 0.3) is 0 Å². The number of rotatable bonds is 10. The summed E-state index contributed by atoms with van der Waals surface area (Å²) in [5.41, 5.74) is 1.27. The van der Waals surface area contributed by atoms with Gasteiger partial charge in [-0.1, -0.05) is 30.3 Å². The fourth-order valence-electron chi connectivity index (χ4n) is 2.82. The normalized spacial score (nSPS) is 10.8. The summed E-state index contributed by atoms with van der Waals surface area (Å²) in [5.74, 6) is 3.53. The van der Waals surface area contributed by atoms with Crippen LogP contribution in [-0.2, 0) is 18.7 Å². The molecule has 1 N–H and O–H groups in total. The van der Waals surface area contributed by atoms with E-state index in [1.54, 1.807) is 0 Å². The lowest BCUT2D eigenvalue weighted by Gasteiger charge is -2.09. The van der Waals surface area contributed by atoms with Crippen molar-refractivity contribution < 1.29 is 4.74 Å². The zero-order valence-electron chi connectivity index (χ0n) is 14.8. The number of hydrogen-bond donors (Lipinski definition) is 2. The molecule has 0 aliphatic heterocycles. The summed E-state index contributed by atoms with van der Waals surface area (Å²) in [6.07, 6.45) is 6.84. The van der Waals surface area contributed by atoms with E-state index in [4.69, 9.17) is 4.74 Å². The molecule has 26 heavy (non-hydrogen) atoms. The SMILES string of the molecule is SCn1ccnc1CCCNCCc1cccc(Oc2ccccc2)c1. The van der Waals surface area contributed by atoms with E-state index in [-0.39, 0.29) is 0 Å². The first kappa shape index (κ1) is 18.5. The van der Waals surface area contributed by atoms with E-state index >= 15 is 0 Å². The average molecular weight is 368 g/mol. The molecule has 1 heterocycles. The average Bonchev–Trinajstić information content (AvgIpc) is 3.13. The molecule has 0 fully saturated rings. The second kappa shape index (κ2) is 10.0. The Morgan fingerprint density at radius 2 is 1.81 bits per heavy atom. The van der Waals surface area contributed by atoms with E-state index in [0.29, 0.717) is 5.88 Å². The topological polar surface area (TPSA) is 39.1 Å². The van der Waals surface area contributed by atoms with Crippen molar-refractivity contribution in [2.24, 2.45) is 0 Å². The molecule has 0 spiro atoms. The summed E-state index contributed by atoms with van der Waals surface area (Å²) in [7, 11) is 0. The molecule has 0 bridgehead atoms. The minimum atomic E-state index is 0.685.